The van der Waals surface area contributed by atoms with Crippen LogP contribution in [0, 0.1) is 6.92 Å². The number of thioether (sulfide) groups is 1. The molecule has 0 fully saturated rings. The van der Waals surface area contributed by atoms with Crippen molar-refractivity contribution < 1.29 is 9.21 Å². The summed E-state index contributed by atoms with van der Waals surface area (Å²) in [6.07, 6.45) is 5.11. The van der Waals surface area contributed by atoms with E-state index in [9.17, 15) is 4.79 Å². The largest absolute Gasteiger partial charge is 0.467 e. The molecule has 3 heterocycles. The fourth-order valence-corrected chi connectivity index (χ4v) is 4.71. The van der Waals surface area contributed by atoms with Crippen LogP contribution in [-0.4, -0.2) is 31.4 Å². The number of aryl methyl sites for hydroxylation is 1. The maximum atomic E-state index is 13.6. The van der Waals surface area contributed by atoms with Gasteiger partial charge in [0.25, 0.3) is 0 Å². The van der Waals surface area contributed by atoms with E-state index in [2.05, 4.69) is 15.2 Å². The zero-order valence-corrected chi connectivity index (χ0v) is 20.6. The van der Waals surface area contributed by atoms with Crippen LogP contribution in [0.2, 0.25) is 0 Å². The predicted molar refractivity (Wildman–Crippen MR) is 141 cm³/mol. The van der Waals surface area contributed by atoms with Gasteiger partial charge in [0.15, 0.2) is 11.0 Å². The number of hydrogen-bond donors (Lipinski definition) is 0. The molecule has 0 bridgehead atoms. The summed E-state index contributed by atoms with van der Waals surface area (Å²) in [5.74, 6) is 1.65. The molecule has 5 rings (SSSR count). The average molecular weight is 496 g/mol. The summed E-state index contributed by atoms with van der Waals surface area (Å²) >= 11 is 1.37. The third-order valence-electron chi connectivity index (χ3n) is 5.65. The summed E-state index contributed by atoms with van der Waals surface area (Å²) in [4.78, 5) is 19.6. The molecule has 180 valence electrons. The number of rotatable bonds is 9. The summed E-state index contributed by atoms with van der Waals surface area (Å²) < 4.78 is 7.54. The number of furan rings is 1. The van der Waals surface area contributed by atoms with Gasteiger partial charge in [0.2, 0.25) is 5.91 Å². The first-order valence-electron chi connectivity index (χ1n) is 11.6. The van der Waals surface area contributed by atoms with Crippen LogP contribution in [0.3, 0.4) is 0 Å². The van der Waals surface area contributed by atoms with E-state index >= 15 is 0 Å². The minimum absolute atomic E-state index is 0.00932. The first kappa shape index (κ1) is 23.6. The van der Waals surface area contributed by atoms with Gasteiger partial charge in [0.1, 0.15) is 5.76 Å². The van der Waals surface area contributed by atoms with Gasteiger partial charge in [-0.25, -0.2) is 0 Å². The number of benzene rings is 2. The molecule has 5 aromatic rings. The number of nitrogens with zero attached hydrogens (tertiary/aromatic N) is 5. The van der Waals surface area contributed by atoms with Crippen molar-refractivity contribution in [3.05, 3.63) is 114 Å². The molecular formula is C28H25N5O2S. The number of anilines is 1. The van der Waals surface area contributed by atoms with Gasteiger partial charge in [-0.2, -0.15) is 0 Å². The molecule has 36 heavy (non-hydrogen) atoms. The number of aromatic nitrogens is 4. The van der Waals surface area contributed by atoms with Crippen molar-refractivity contribution in [3.8, 4) is 11.4 Å². The second-order valence-corrected chi connectivity index (χ2v) is 9.25. The van der Waals surface area contributed by atoms with E-state index in [-0.39, 0.29) is 11.7 Å². The van der Waals surface area contributed by atoms with Crippen molar-refractivity contribution in [2.24, 2.45) is 0 Å². The Labute approximate surface area is 213 Å². The van der Waals surface area contributed by atoms with E-state index in [1.807, 2.05) is 95.3 Å². The fraction of sp³-hybridized carbons (Fsp3) is 0.143. The van der Waals surface area contributed by atoms with Crippen LogP contribution in [0.15, 0.2) is 107 Å². The highest BCUT2D eigenvalue weighted by Gasteiger charge is 2.21. The summed E-state index contributed by atoms with van der Waals surface area (Å²) in [5, 5.41) is 9.46. The van der Waals surface area contributed by atoms with Crippen LogP contribution < -0.4 is 4.90 Å². The van der Waals surface area contributed by atoms with Gasteiger partial charge in [0.05, 0.1) is 25.1 Å². The molecule has 8 heteroatoms. The molecule has 0 spiro atoms. The van der Waals surface area contributed by atoms with Gasteiger partial charge in [-0.05, 0) is 54.4 Å². The van der Waals surface area contributed by atoms with Crippen molar-refractivity contribution in [2.45, 2.75) is 25.2 Å². The van der Waals surface area contributed by atoms with Gasteiger partial charge >= 0.3 is 0 Å². The first-order valence-corrected chi connectivity index (χ1v) is 12.6. The van der Waals surface area contributed by atoms with E-state index in [4.69, 9.17) is 4.42 Å². The Balaban J connectivity index is 1.40. The Morgan fingerprint density at radius 2 is 1.89 bits per heavy atom. The second kappa shape index (κ2) is 11.0. The average Bonchev–Trinajstić information content (AvgIpc) is 3.57. The zero-order valence-electron chi connectivity index (χ0n) is 19.8. The molecule has 0 atom stereocenters. The maximum absolute atomic E-state index is 13.6. The lowest BCUT2D eigenvalue weighted by Gasteiger charge is -2.23. The van der Waals surface area contributed by atoms with Crippen LogP contribution in [0.4, 0.5) is 5.69 Å². The number of carbonyl (C=O) groups is 1. The third-order valence-corrected chi connectivity index (χ3v) is 6.60. The van der Waals surface area contributed by atoms with Crippen molar-refractivity contribution in [3.63, 3.8) is 0 Å². The molecule has 0 saturated carbocycles. The zero-order chi connectivity index (χ0) is 24.7. The number of amides is 1. The summed E-state index contributed by atoms with van der Waals surface area (Å²) in [6, 6.07) is 25.6. The summed E-state index contributed by atoms with van der Waals surface area (Å²) in [7, 11) is 0. The molecule has 0 aliphatic rings. The van der Waals surface area contributed by atoms with Gasteiger partial charge in [-0.1, -0.05) is 54.2 Å². The Morgan fingerprint density at radius 3 is 2.64 bits per heavy atom. The van der Waals surface area contributed by atoms with Crippen molar-refractivity contribution in [1.82, 2.24) is 19.7 Å². The standard InChI is InChI=1S/C28H25N5O2S/c1-21-8-5-12-24(16-21)32(18-22-9-3-2-4-10-22)26(34)20-36-28-31-30-27(23-11-6-14-29-17-23)33(28)19-25-13-7-15-35-25/h2-17H,18-20H2,1H3. The quantitative estimate of drug-likeness (QED) is 0.247. The number of pyridine rings is 1. The van der Waals surface area contributed by atoms with E-state index in [1.54, 1.807) is 18.7 Å². The molecule has 2 aromatic carbocycles. The summed E-state index contributed by atoms with van der Waals surface area (Å²) in [5.41, 5.74) is 3.89. The van der Waals surface area contributed by atoms with Crippen LogP contribution in [0.1, 0.15) is 16.9 Å². The minimum Gasteiger partial charge on any atom is -0.467 e. The number of carbonyl (C=O) groups excluding carboxylic acids is 1. The highest BCUT2D eigenvalue weighted by atomic mass is 32.2. The molecule has 3 aromatic heterocycles. The van der Waals surface area contributed by atoms with Crippen LogP contribution in [0.5, 0.6) is 0 Å². The lowest BCUT2D eigenvalue weighted by Crippen LogP contribution is -2.32. The first-order chi connectivity index (χ1) is 17.7. The third kappa shape index (κ3) is 5.55. The molecule has 0 N–H and O–H groups in total. The highest BCUT2D eigenvalue weighted by molar-refractivity contribution is 7.99. The van der Waals surface area contributed by atoms with Crippen molar-refractivity contribution in [1.29, 1.82) is 0 Å². The summed E-state index contributed by atoms with van der Waals surface area (Å²) in [6.45, 7) is 2.97. The smallest absolute Gasteiger partial charge is 0.237 e. The van der Waals surface area contributed by atoms with E-state index in [1.165, 1.54) is 11.8 Å². The fourth-order valence-electron chi connectivity index (χ4n) is 3.89. The molecule has 1 amide bonds. The van der Waals surface area contributed by atoms with Crippen LogP contribution >= 0.6 is 11.8 Å². The lowest BCUT2D eigenvalue weighted by molar-refractivity contribution is -0.116. The molecule has 0 radical (unpaired) electrons. The van der Waals surface area contributed by atoms with Gasteiger partial charge in [0, 0.05) is 23.6 Å². The lowest BCUT2D eigenvalue weighted by atomic mass is 10.1. The topological polar surface area (TPSA) is 77.1 Å². The molecule has 7 nitrogen and oxygen atoms in total. The van der Waals surface area contributed by atoms with Crippen molar-refractivity contribution >= 4 is 23.4 Å². The highest BCUT2D eigenvalue weighted by Crippen LogP contribution is 2.27. The SMILES string of the molecule is Cc1cccc(N(Cc2ccccc2)C(=O)CSc2nnc(-c3cccnc3)n2Cc2ccco2)c1. The second-order valence-electron chi connectivity index (χ2n) is 8.31. The Morgan fingerprint density at radius 1 is 1.00 bits per heavy atom. The number of hydrogen-bond acceptors (Lipinski definition) is 6. The van der Waals surface area contributed by atoms with Crippen LogP contribution in [-0.2, 0) is 17.9 Å². The molecular weight excluding hydrogens is 470 g/mol. The van der Waals surface area contributed by atoms with Crippen molar-refractivity contribution in [2.75, 3.05) is 10.7 Å². The van der Waals surface area contributed by atoms with Gasteiger partial charge in [-0.15, -0.1) is 10.2 Å². The molecule has 0 saturated heterocycles. The Kier molecular flexibility index (Phi) is 7.23. The predicted octanol–water partition coefficient (Wildman–Crippen LogP) is 5.62. The maximum Gasteiger partial charge on any atom is 0.237 e. The molecule has 0 aliphatic carbocycles. The van der Waals surface area contributed by atoms with E-state index in [0.717, 1.165) is 28.1 Å². The Bertz CT molecular complexity index is 1420. The molecule has 0 aliphatic heterocycles. The van der Waals surface area contributed by atoms with Gasteiger partial charge < -0.3 is 9.32 Å². The van der Waals surface area contributed by atoms with Crippen LogP contribution in [0.25, 0.3) is 11.4 Å². The molecule has 0 unspecified atom stereocenters. The van der Waals surface area contributed by atoms with E-state index in [0.29, 0.717) is 24.1 Å². The van der Waals surface area contributed by atoms with Gasteiger partial charge in [-0.3, -0.25) is 14.3 Å². The normalized spacial score (nSPS) is 10.9. The monoisotopic (exact) mass is 495 g/mol. The van der Waals surface area contributed by atoms with E-state index < -0.39 is 0 Å². The minimum atomic E-state index is -0.00932. The Hall–Kier alpha value is -4.17.